The van der Waals surface area contributed by atoms with Gasteiger partial charge in [-0.25, -0.2) is 0 Å². The normalized spacial score (nSPS) is 25.4. The first-order valence-electron chi connectivity index (χ1n) is 7.43. The molecule has 0 saturated heterocycles. The molecule has 19 heavy (non-hydrogen) atoms. The van der Waals surface area contributed by atoms with Crippen LogP contribution in [0, 0.1) is 5.92 Å². The van der Waals surface area contributed by atoms with Crippen LogP contribution in [0.1, 0.15) is 32.6 Å². The Balaban J connectivity index is 1.96. The second-order valence-corrected chi connectivity index (χ2v) is 5.33. The molecule has 0 aromatic heterocycles. The van der Waals surface area contributed by atoms with Crippen molar-refractivity contribution in [1.82, 2.24) is 5.32 Å². The molecule has 1 aliphatic carbocycles. The maximum Gasteiger partial charge on any atom is 0.0897 e. The van der Waals surface area contributed by atoms with E-state index >= 15 is 0 Å². The number of aliphatic hydroxyl groups excluding tert-OH is 2. The Morgan fingerprint density at radius 3 is 2.79 bits per heavy atom. The standard InChI is InChI=1S/C14H29NO4/c1-12-4-2-3-5-14(12)19-11-13(17)10-15-6-8-18-9-7-16/h12-17H,2-11H2,1H3/t12-,13-,14+/m1/s1. The van der Waals surface area contributed by atoms with E-state index < -0.39 is 6.10 Å². The van der Waals surface area contributed by atoms with Crippen LogP contribution in [-0.4, -0.2) is 61.9 Å². The Morgan fingerprint density at radius 2 is 2.05 bits per heavy atom. The summed E-state index contributed by atoms with van der Waals surface area (Å²) in [5.74, 6) is 0.612. The van der Waals surface area contributed by atoms with E-state index in [1.807, 2.05) is 0 Å². The highest BCUT2D eigenvalue weighted by atomic mass is 16.5. The summed E-state index contributed by atoms with van der Waals surface area (Å²) >= 11 is 0. The van der Waals surface area contributed by atoms with Gasteiger partial charge in [-0.05, 0) is 18.8 Å². The molecule has 5 heteroatoms. The summed E-state index contributed by atoms with van der Waals surface area (Å²) in [6.45, 7) is 4.80. The molecular formula is C14H29NO4. The fourth-order valence-electron chi connectivity index (χ4n) is 2.40. The van der Waals surface area contributed by atoms with Crippen molar-refractivity contribution in [2.24, 2.45) is 5.92 Å². The van der Waals surface area contributed by atoms with Crippen molar-refractivity contribution in [3.05, 3.63) is 0 Å². The molecule has 0 aromatic carbocycles. The van der Waals surface area contributed by atoms with E-state index in [1.54, 1.807) is 0 Å². The van der Waals surface area contributed by atoms with Crippen LogP contribution in [0.5, 0.6) is 0 Å². The zero-order chi connectivity index (χ0) is 13.9. The monoisotopic (exact) mass is 275 g/mol. The maximum absolute atomic E-state index is 9.80. The number of rotatable bonds is 10. The molecule has 0 aliphatic heterocycles. The Kier molecular flexibility index (Phi) is 9.38. The molecule has 0 radical (unpaired) electrons. The number of ether oxygens (including phenoxy) is 2. The van der Waals surface area contributed by atoms with Crippen LogP contribution in [0.25, 0.3) is 0 Å². The molecule has 0 spiro atoms. The van der Waals surface area contributed by atoms with Crippen LogP contribution in [0.2, 0.25) is 0 Å². The van der Waals surface area contributed by atoms with Crippen molar-refractivity contribution in [3.63, 3.8) is 0 Å². The molecule has 0 amide bonds. The minimum atomic E-state index is -0.466. The molecule has 0 unspecified atom stereocenters. The Labute approximate surface area is 116 Å². The molecule has 1 rings (SSSR count). The summed E-state index contributed by atoms with van der Waals surface area (Å²) in [7, 11) is 0. The summed E-state index contributed by atoms with van der Waals surface area (Å²) in [5, 5.41) is 21.4. The predicted octanol–water partition coefficient (Wildman–Crippen LogP) is 0.541. The minimum Gasteiger partial charge on any atom is -0.394 e. The van der Waals surface area contributed by atoms with E-state index in [4.69, 9.17) is 14.6 Å². The lowest BCUT2D eigenvalue weighted by atomic mass is 9.88. The summed E-state index contributed by atoms with van der Waals surface area (Å²) in [6, 6.07) is 0. The molecule has 114 valence electrons. The minimum absolute atomic E-state index is 0.0516. The van der Waals surface area contributed by atoms with Crippen LogP contribution in [0.4, 0.5) is 0 Å². The van der Waals surface area contributed by atoms with Crippen molar-refractivity contribution >= 4 is 0 Å². The summed E-state index contributed by atoms with van der Waals surface area (Å²) in [5.41, 5.74) is 0. The molecule has 3 atom stereocenters. The van der Waals surface area contributed by atoms with Gasteiger partial charge < -0.3 is 25.0 Å². The molecule has 3 N–H and O–H groups in total. The quantitative estimate of drug-likeness (QED) is 0.508. The highest BCUT2D eigenvalue weighted by Gasteiger charge is 2.22. The van der Waals surface area contributed by atoms with Crippen molar-refractivity contribution in [2.45, 2.75) is 44.8 Å². The van der Waals surface area contributed by atoms with Gasteiger partial charge in [-0.2, -0.15) is 0 Å². The van der Waals surface area contributed by atoms with Crippen molar-refractivity contribution in [1.29, 1.82) is 0 Å². The van der Waals surface area contributed by atoms with Crippen LogP contribution >= 0.6 is 0 Å². The van der Waals surface area contributed by atoms with E-state index in [0.29, 0.717) is 44.9 Å². The second-order valence-electron chi connectivity index (χ2n) is 5.33. The van der Waals surface area contributed by atoms with Gasteiger partial charge in [0.15, 0.2) is 0 Å². The molecule has 0 aromatic rings. The Morgan fingerprint density at radius 1 is 1.26 bits per heavy atom. The highest BCUT2D eigenvalue weighted by molar-refractivity contribution is 4.73. The van der Waals surface area contributed by atoms with E-state index in [-0.39, 0.29) is 6.61 Å². The lowest BCUT2D eigenvalue weighted by Gasteiger charge is -2.29. The summed E-state index contributed by atoms with van der Waals surface area (Å²) < 4.78 is 10.9. The summed E-state index contributed by atoms with van der Waals surface area (Å²) in [4.78, 5) is 0. The van der Waals surface area contributed by atoms with Gasteiger partial charge >= 0.3 is 0 Å². The van der Waals surface area contributed by atoms with Gasteiger partial charge in [-0.3, -0.25) is 0 Å². The second kappa shape index (κ2) is 10.6. The van der Waals surface area contributed by atoms with Gasteiger partial charge in [0.2, 0.25) is 0 Å². The smallest absolute Gasteiger partial charge is 0.0897 e. The first kappa shape index (κ1) is 16.9. The average molecular weight is 275 g/mol. The van der Waals surface area contributed by atoms with Crippen LogP contribution < -0.4 is 5.32 Å². The van der Waals surface area contributed by atoms with Gasteiger partial charge in [-0.1, -0.05) is 19.8 Å². The Hall–Kier alpha value is -0.200. The van der Waals surface area contributed by atoms with E-state index in [0.717, 1.165) is 6.42 Å². The summed E-state index contributed by atoms with van der Waals surface area (Å²) in [6.07, 6.45) is 4.76. The van der Waals surface area contributed by atoms with Crippen molar-refractivity contribution in [3.8, 4) is 0 Å². The van der Waals surface area contributed by atoms with E-state index in [9.17, 15) is 5.11 Å². The van der Waals surface area contributed by atoms with Crippen molar-refractivity contribution < 1.29 is 19.7 Å². The van der Waals surface area contributed by atoms with Gasteiger partial charge in [0.1, 0.15) is 0 Å². The third-order valence-corrected chi connectivity index (χ3v) is 3.57. The molecule has 1 aliphatic rings. The molecule has 1 saturated carbocycles. The maximum atomic E-state index is 9.80. The highest BCUT2D eigenvalue weighted by Crippen LogP contribution is 2.26. The first-order valence-corrected chi connectivity index (χ1v) is 7.43. The fourth-order valence-corrected chi connectivity index (χ4v) is 2.40. The fraction of sp³-hybridized carbons (Fsp3) is 1.00. The van der Waals surface area contributed by atoms with Gasteiger partial charge in [0, 0.05) is 13.1 Å². The largest absolute Gasteiger partial charge is 0.394 e. The number of nitrogens with one attached hydrogen (secondary N) is 1. The zero-order valence-electron chi connectivity index (χ0n) is 12.0. The van der Waals surface area contributed by atoms with Gasteiger partial charge in [0.25, 0.3) is 0 Å². The molecule has 5 nitrogen and oxygen atoms in total. The number of hydrogen-bond donors (Lipinski definition) is 3. The number of aliphatic hydroxyl groups is 2. The predicted molar refractivity (Wildman–Crippen MR) is 74.2 cm³/mol. The molecule has 1 fully saturated rings. The third kappa shape index (κ3) is 7.84. The lowest BCUT2D eigenvalue weighted by Crippen LogP contribution is -2.35. The van der Waals surface area contributed by atoms with E-state index in [2.05, 4.69) is 12.2 Å². The lowest BCUT2D eigenvalue weighted by molar-refractivity contribution is -0.0453. The van der Waals surface area contributed by atoms with Crippen molar-refractivity contribution in [2.75, 3.05) is 39.5 Å². The number of hydrogen-bond acceptors (Lipinski definition) is 5. The SMILES string of the molecule is C[C@@H]1CCCC[C@@H]1OC[C@H](O)CNCCOCCO. The molecule has 0 heterocycles. The first-order chi connectivity index (χ1) is 9.24. The molecule has 0 bridgehead atoms. The topological polar surface area (TPSA) is 71.0 Å². The van der Waals surface area contributed by atoms with Crippen LogP contribution in [0.3, 0.4) is 0 Å². The Bertz CT molecular complexity index is 216. The van der Waals surface area contributed by atoms with E-state index in [1.165, 1.54) is 19.3 Å². The van der Waals surface area contributed by atoms with Gasteiger partial charge in [0.05, 0.1) is 38.6 Å². The van der Waals surface area contributed by atoms with Crippen LogP contribution in [0.15, 0.2) is 0 Å². The van der Waals surface area contributed by atoms with Crippen LogP contribution in [-0.2, 0) is 9.47 Å². The third-order valence-electron chi connectivity index (χ3n) is 3.57. The molecular weight excluding hydrogens is 246 g/mol. The van der Waals surface area contributed by atoms with Gasteiger partial charge in [-0.15, -0.1) is 0 Å². The average Bonchev–Trinajstić information content (AvgIpc) is 2.42. The zero-order valence-corrected chi connectivity index (χ0v) is 12.0.